The highest BCUT2D eigenvalue weighted by Crippen LogP contribution is 2.38. The lowest BCUT2D eigenvalue weighted by Crippen LogP contribution is -2.37. The summed E-state index contributed by atoms with van der Waals surface area (Å²) in [6.07, 6.45) is 0. The number of ether oxygens (including phenoxy) is 1. The number of amides is 3. The summed E-state index contributed by atoms with van der Waals surface area (Å²) in [7, 11) is 0. The van der Waals surface area contributed by atoms with E-state index in [-0.39, 0.29) is 25.0 Å². The summed E-state index contributed by atoms with van der Waals surface area (Å²) in [5.41, 5.74) is 9.71. The Kier molecular flexibility index (Phi) is 7.34. The molecule has 0 saturated heterocycles. The first kappa shape index (κ1) is 25.2. The van der Waals surface area contributed by atoms with Crippen LogP contribution in [0.2, 0.25) is 0 Å². The molecule has 9 nitrogen and oxygen atoms in total. The Hall–Kier alpha value is -4.92. The second-order valence-electron chi connectivity index (χ2n) is 8.29. The number of nitrogens with one attached hydrogen (secondary N) is 2. The molecule has 0 fully saturated rings. The second kappa shape index (κ2) is 10.8. The van der Waals surface area contributed by atoms with E-state index < -0.39 is 11.9 Å². The molecule has 0 atom stereocenters. The van der Waals surface area contributed by atoms with Gasteiger partial charge in [0.1, 0.15) is 6.54 Å². The van der Waals surface area contributed by atoms with Crippen LogP contribution >= 0.6 is 0 Å². The van der Waals surface area contributed by atoms with Crippen LogP contribution in [0.25, 0.3) is 11.3 Å². The monoisotopic (exact) mass is 498 g/mol. The zero-order valence-electron chi connectivity index (χ0n) is 20.4. The highest BCUT2D eigenvalue weighted by molar-refractivity contribution is 6.37. The number of esters is 1. The van der Waals surface area contributed by atoms with E-state index in [0.29, 0.717) is 39.5 Å². The van der Waals surface area contributed by atoms with Crippen molar-refractivity contribution in [1.29, 1.82) is 0 Å². The maximum absolute atomic E-state index is 13.2. The van der Waals surface area contributed by atoms with Crippen LogP contribution in [0.3, 0.4) is 0 Å². The third-order valence-corrected chi connectivity index (χ3v) is 5.73. The van der Waals surface area contributed by atoms with Crippen LogP contribution in [-0.4, -0.2) is 36.8 Å². The van der Waals surface area contributed by atoms with E-state index in [9.17, 15) is 19.2 Å². The SMILES string of the molecule is CCOC(=O)c1ccc2c(c1)NC(=O)/C2=C(\Nc1ccc(N(CC(N)=O)C(C)=O)cc1)c1ccccc1. The number of nitrogens with zero attached hydrogens (tertiary/aromatic N) is 1. The van der Waals surface area contributed by atoms with Gasteiger partial charge in [-0.2, -0.15) is 0 Å². The van der Waals surface area contributed by atoms with E-state index in [1.54, 1.807) is 49.4 Å². The Balaban J connectivity index is 1.74. The number of benzene rings is 3. The Morgan fingerprint density at radius 2 is 1.68 bits per heavy atom. The van der Waals surface area contributed by atoms with Gasteiger partial charge in [-0.05, 0) is 48.9 Å². The molecule has 1 aliphatic rings. The molecule has 0 radical (unpaired) electrons. The number of hydrogen-bond acceptors (Lipinski definition) is 6. The van der Waals surface area contributed by atoms with Gasteiger partial charge in [-0.3, -0.25) is 14.4 Å². The second-order valence-corrected chi connectivity index (χ2v) is 8.29. The van der Waals surface area contributed by atoms with Crippen LogP contribution in [0.1, 0.15) is 35.3 Å². The van der Waals surface area contributed by atoms with E-state index >= 15 is 0 Å². The van der Waals surface area contributed by atoms with E-state index in [4.69, 9.17) is 10.5 Å². The van der Waals surface area contributed by atoms with E-state index in [2.05, 4.69) is 10.6 Å². The molecule has 4 N–H and O–H groups in total. The fourth-order valence-corrected chi connectivity index (χ4v) is 4.06. The normalized spacial score (nSPS) is 13.3. The molecular weight excluding hydrogens is 472 g/mol. The number of nitrogens with two attached hydrogens (primary N) is 1. The predicted molar refractivity (Wildman–Crippen MR) is 142 cm³/mol. The summed E-state index contributed by atoms with van der Waals surface area (Å²) >= 11 is 0. The highest BCUT2D eigenvalue weighted by atomic mass is 16.5. The van der Waals surface area contributed by atoms with E-state index in [0.717, 1.165) is 5.56 Å². The van der Waals surface area contributed by atoms with Gasteiger partial charge >= 0.3 is 5.97 Å². The Morgan fingerprint density at radius 3 is 2.30 bits per heavy atom. The number of fused-ring (bicyclic) bond motifs is 1. The average Bonchev–Trinajstić information content (AvgIpc) is 3.21. The van der Waals surface area contributed by atoms with Crippen molar-refractivity contribution in [3.63, 3.8) is 0 Å². The minimum absolute atomic E-state index is 0.230. The van der Waals surface area contributed by atoms with Crippen molar-refractivity contribution in [2.75, 3.05) is 28.7 Å². The van der Waals surface area contributed by atoms with Crippen molar-refractivity contribution in [3.05, 3.63) is 89.5 Å². The fourth-order valence-electron chi connectivity index (χ4n) is 4.06. The molecule has 4 rings (SSSR count). The third-order valence-electron chi connectivity index (χ3n) is 5.73. The largest absolute Gasteiger partial charge is 0.462 e. The van der Waals surface area contributed by atoms with Gasteiger partial charge in [0, 0.05) is 23.9 Å². The summed E-state index contributed by atoms with van der Waals surface area (Å²) in [6.45, 7) is 3.11. The standard InChI is InChI=1S/C28H26N4O5/c1-3-37-28(36)19-9-14-22-23(15-19)31-27(35)25(22)26(18-7-5-4-6-8-18)30-20-10-12-21(13-11-20)32(17(2)33)16-24(29)34/h4-15,30H,3,16H2,1-2H3,(H2,29,34)(H,31,35)/b26-25-. The number of hydrogen-bond donors (Lipinski definition) is 3. The van der Waals surface area contributed by atoms with E-state index in [1.807, 2.05) is 30.3 Å². The van der Waals surface area contributed by atoms with Crippen LogP contribution in [0.5, 0.6) is 0 Å². The molecule has 3 aromatic carbocycles. The molecular formula is C28H26N4O5. The van der Waals surface area contributed by atoms with Gasteiger partial charge < -0.3 is 26.0 Å². The summed E-state index contributed by atoms with van der Waals surface area (Å²) < 4.78 is 5.07. The molecule has 0 saturated carbocycles. The maximum Gasteiger partial charge on any atom is 0.338 e. The molecule has 0 unspecified atom stereocenters. The van der Waals surface area contributed by atoms with Crippen molar-refractivity contribution in [2.45, 2.75) is 13.8 Å². The van der Waals surface area contributed by atoms with Crippen LogP contribution in [0.4, 0.5) is 17.1 Å². The zero-order valence-corrected chi connectivity index (χ0v) is 20.4. The van der Waals surface area contributed by atoms with Gasteiger partial charge in [-0.15, -0.1) is 0 Å². The van der Waals surface area contributed by atoms with Gasteiger partial charge in [0.2, 0.25) is 11.8 Å². The molecule has 3 amide bonds. The number of carbonyl (C=O) groups excluding carboxylic acids is 4. The molecule has 37 heavy (non-hydrogen) atoms. The molecule has 9 heteroatoms. The van der Waals surface area contributed by atoms with Gasteiger partial charge in [0.25, 0.3) is 5.91 Å². The maximum atomic E-state index is 13.2. The van der Waals surface area contributed by atoms with Crippen LogP contribution in [0, 0.1) is 0 Å². The minimum Gasteiger partial charge on any atom is -0.462 e. The summed E-state index contributed by atoms with van der Waals surface area (Å²) in [5, 5.41) is 6.18. The summed E-state index contributed by atoms with van der Waals surface area (Å²) in [5.74, 6) is -1.71. The fraction of sp³-hybridized carbons (Fsp3) is 0.143. The zero-order chi connectivity index (χ0) is 26.5. The van der Waals surface area contributed by atoms with Crippen molar-refractivity contribution in [2.24, 2.45) is 5.73 Å². The molecule has 1 heterocycles. The van der Waals surface area contributed by atoms with Crippen molar-refractivity contribution in [1.82, 2.24) is 0 Å². The molecule has 1 aliphatic heterocycles. The van der Waals surface area contributed by atoms with Gasteiger partial charge in [0.15, 0.2) is 0 Å². The van der Waals surface area contributed by atoms with Crippen molar-refractivity contribution in [3.8, 4) is 0 Å². The van der Waals surface area contributed by atoms with Crippen LogP contribution < -0.4 is 21.3 Å². The predicted octanol–water partition coefficient (Wildman–Crippen LogP) is 3.63. The number of rotatable bonds is 8. The Labute approximate surface area is 213 Å². The lowest BCUT2D eigenvalue weighted by molar-refractivity contribution is -0.121. The Morgan fingerprint density at radius 1 is 0.973 bits per heavy atom. The smallest absolute Gasteiger partial charge is 0.338 e. The van der Waals surface area contributed by atoms with E-state index in [1.165, 1.54) is 11.8 Å². The van der Waals surface area contributed by atoms with Crippen LogP contribution in [-0.2, 0) is 19.1 Å². The number of carbonyl (C=O) groups is 4. The Bertz CT molecular complexity index is 1400. The molecule has 0 aromatic heterocycles. The summed E-state index contributed by atoms with van der Waals surface area (Å²) in [6, 6.07) is 21.2. The minimum atomic E-state index is -0.620. The van der Waals surface area contributed by atoms with Crippen molar-refractivity contribution < 1.29 is 23.9 Å². The molecule has 0 bridgehead atoms. The summed E-state index contributed by atoms with van der Waals surface area (Å²) in [4.78, 5) is 50.0. The van der Waals surface area contributed by atoms with Crippen LogP contribution in [0.15, 0.2) is 72.8 Å². The molecule has 3 aromatic rings. The third kappa shape index (κ3) is 5.51. The van der Waals surface area contributed by atoms with Gasteiger partial charge in [0.05, 0.1) is 29.1 Å². The first-order chi connectivity index (χ1) is 17.8. The number of anilines is 3. The average molecular weight is 499 g/mol. The first-order valence-electron chi connectivity index (χ1n) is 11.6. The topological polar surface area (TPSA) is 131 Å². The lowest BCUT2D eigenvalue weighted by atomic mass is 9.99. The highest BCUT2D eigenvalue weighted by Gasteiger charge is 2.29. The quantitative estimate of drug-likeness (QED) is 0.321. The first-order valence-corrected chi connectivity index (χ1v) is 11.6. The molecule has 0 aliphatic carbocycles. The number of primary amides is 1. The van der Waals surface area contributed by atoms with Gasteiger partial charge in [-0.1, -0.05) is 36.4 Å². The molecule has 188 valence electrons. The lowest BCUT2D eigenvalue weighted by Gasteiger charge is -2.20. The molecule has 0 spiro atoms. The van der Waals surface area contributed by atoms with Gasteiger partial charge in [-0.25, -0.2) is 4.79 Å². The van der Waals surface area contributed by atoms with Crippen molar-refractivity contribution >= 4 is 52.0 Å².